The number of hydrogen-bond donors (Lipinski definition) is 2. The molecule has 2 N–H and O–H groups in total. The average Bonchev–Trinajstić information content (AvgIpc) is 3.22. The second-order valence-corrected chi connectivity index (χ2v) is 7.87. The molecule has 3 rings (SSSR count). The van der Waals surface area contributed by atoms with Crippen molar-refractivity contribution in [1.29, 1.82) is 0 Å². The molecule has 33 heavy (non-hydrogen) atoms. The number of anilines is 1. The van der Waals surface area contributed by atoms with E-state index in [0.717, 1.165) is 5.56 Å². The summed E-state index contributed by atoms with van der Waals surface area (Å²) < 4.78 is 30.8. The first-order valence-electron chi connectivity index (χ1n) is 9.66. The molecule has 1 amide bonds. The van der Waals surface area contributed by atoms with Crippen molar-refractivity contribution in [1.82, 2.24) is 15.3 Å². The molecule has 0 atom stereocenters. The first kappa shape index (κ1) is 24.3. The Balaban J connectivity index is 2.14. The van der Waals surface area contributed by atoms with E-state index in [-0.39, 0.29) is 17.0 Å². The molecule has 0 aliphatic carbocycles. The molecular formula is C22H20ClF2N5O2S. The minimum Gasteiger partial charge on any atom is -0.434 e. The van der Waals surface area contributed by atoms with Crippen molar-refractivity contribution in [3.63, 3.8) is 0 Å². The van der Waals surface area contributed by atoms with Gasteiger partial charge in [-0.25, -0.2) is 4.98 Å². The van der Waals surface area contributed by atoms with Crippen molar-refractivity contribution < 1.29 is 18.3 Å². The summed E-state index contributed by atoms with van der Waals surface area (Å²) in [5.74, 6) is -0.175. The third-order valence-electron chi connectivity index (χ3n) is 4.44. The topological polar surface area (TPSA) is 88.5 Å². The number of ether oxygens (including phenoxy) is 1. The van der Waals surface area contributed by atoms with Gasteiger partial charge in [0.25, 0.3) is 5.91 Å². The molecule has 0 aliphatic rings. The number of aromatic nitrogens is 2. The smallest absolute Gasteiger partial charge is 0.387 e. The molecular weight excluding hydrogens is 472 g/mol. The fourth-order valence-electron chi connectivity index (χ4n) is 3.00. The summed E-state index contributed by atoms with van der Waals surface area (Å²) in [7, 11) is 3.21. The Bertz CT molecular complexity index is 1200. The lowest BCUT2D eigenvalue weighted by Gasteiger charge is -2.13. The van der Waals surface area contributed by atoms with Crippen LogP contribution in [0.2, 0.25) is 5.02 Å². The Morgan fingerprint density at radius 3 is 2.61 bits per heavy atom. The first-order chi connectivity index (χ1) is 15.9. The maximum Gasteiger partial charge on any atom is 0.387 e. The van der Waals surface area contributed by atoms with Gasteiger partial charge in [-0.3, -0.25) is 14.8 Å². The number of aliphatic imine (C=N–C) groups is 1. The van der Waals surface area contributed by atoms with Crippen LogP contribution in [-0.2, 0) is 4.79 Å². The number of halogens is 3. The SMILES string of the molecule is C/C=C(/C(=O)Nc1sc(-c2ccncc2)nc1-c1cc(Cl)ccc1OC(F)F)C(=NC)NC. The summed E-state index contributed by atoms with van der Waals surface area (Å²) in [5, 5.41) is 6.87. The molecule has 3 aromatic rings. The van der Waals surface area contributed by atoms with Crippen LogP contribution in [0.15, 0.2) is 59.4 Å². The number of rotatable bonds is 7. The van der Waals surface area contributed by atoms with Crippen LogP contribution in [0.3, 0.4) is 0 Å². The van der Waals surface area contributed by atoms with Gasteiger partial charge in [-0.1, -0.05) is 29.0 Å². The summed E-state index contributed by atoms with van der Waals surface area (Å²) in [4.78, 5) is 25.7. The number of thiazole rings is 1. The zero-order valence-electron chi connectivity index (χ0n) is 17.9. The van der Waals surface area contributed by atoms with Crippen LogP contribution in [0.5, 0.6) is 5.75 Å². The van der Waals surface area contributed by atoms with Crippen LogP contribution in [0.1, 0.15) is 6.92 Å². The number of allylic oxidation sites excluding steroid dienone is 1. The van der Waals surface area contributed by atoms with Crippen LogP contribution >= 0.6 is 22.9 Å². The number of likely N-dealkylation sites (N-methyl/N-ethyl adjacent to an activating group) is 1. The summed E-state index contributed by atoms with van der Waals surface area (Å²) in [6, 6.07) is 7.74. The lowest BCUT2D eigenvalue weighted by Crippen LogP contribution is -2.28. The number of benzene rings is 1. The fourth-order valence-corrected chi connectivity index (χ4v) is 4.16. The predicted molar refractivity (Wildman–Crippen MR) is 127 cm³/mol. The van der Waals surface area contributed by atoms with Crippen LogP contribution in [0, 0.1) is 0 Å². The number of pyridine rings is 1. The Kier molecular flexibility index (Phi) is 8.07. The molecule has 0 unspecified atom stereocenters. The van der Waals surface area contributed by atoms with E-state index in [0.29, 0.717) is 26.4 Å². The number of carbonyl (C=O) groups is 1. The van der Waals surface area contributed by atoms with Gasteiger partial charge in [0.05, 0.1) is 5.57 Å². The van der Waals surface area contributed by atoms with Gasteiger partial charge in [0.15, 0.2) is 0 Å². The lowest BCUT2D eigenvalue weighted by molar-refractivity contribution is -0.112. The van der Waals surface area contributed by atoms with Gasteiger partial charge in [0.1, 0.15) is 27.3 Å². The average molecular weight is 492 g/mol. The summed E-state index contributed by atoms with van der Waals surface area (Å²) >= 11 is 7.32. The Morgan fingerprint density at radius 2 is 2.00 bits per heavy atom. The van der Waals surface area contributed by atoms with Crippen LogP contribution in [-0.4, -0.2) is 42.4 Å². The molecule has 0 aliphatic heterocycles. The van der Waals surface area contributed by atoms with Crippen molar-refractivity contribution in [2.24, 2.45) is 4.99 Å². The molecule has 0 fully saturated rings. The third-order valence-corrected chi connectivity index (χ3v) is 5.70. The number of alkyl halides is 2. The maximum absolute atomic E-state index is 13.1. The highest BCUT2D eigenvalue weighted by molar-refractivity contribution is 7.19. The van der Waals surface area contributed by atoms with Crippen LogP contribution in [0.25, 0.3) is 21.8 Å². The Labute approximate surface area is 198 Å². The van der Waals surface area contributed by atoms with Gasteiger partial charge in [-0.05, 0) is 37.3 Å². The lowest BCUT2D eigenvalue weighted by atomic mass is 10.1. The number of nitrogens with one attached hydrogen (secondary N) is 2. The highest BCUT2D eigenvalue weighted by Gasteiger charge is 2.23. The van der Waals surface area contributed by atoms with Gasteiger partial charge < -0.3 is 15.4 Å². The Morgan fingerprint density at radius 1 is 1.27 bits per heavy atom. The molecule has 0 bridgehead atoms. The normalized spacial score (nSPS) is 12.1. The van der Waals surface area contributed by atoms with E-state index < -0.39 is 12.5 Å². The van der Waals surface area contributed by atoms with Crippen molar-refractivity contribution in [3.8, 4) is 27.6 Å². The summed E-state index contributed by atoms with van der Waals surface area (Å²) in [6.07, 6.45) is 4.83. The van der Waals surface area contributed by atoms with E-state index >= 15 is 0 Å². The van der Waals surface area contributed by atoms with E-state index in [1.807, 2.05) is 0 Å². The molecule has 1 aromatic carbocycles. The summed E-state index contributed by atoms with van der Waals surface area (Å²) in [5.41, 5.74) is 1.51. The second kappa shape index (κ2) is 11.0. The quantitative estimate of drug-likeness (QED) is 0.267. The zero-order valence-corrected chi connectivity index (χ0v) is 19.5. The molecule has 172 valence electrons. The van der Waals surface area contributed by atoms with E-state index in [4.69, 9.17) is 11.6 Å². The minimum absolute atomic E-state index is 0.117. The fraction of sp³-hybridized carbons (Fsp3) is 0.182. The van der Waals surface area contributed by atoms with E-state index in [1.165, 1.54) is 29.5 Å². The Hall–Kier alpha value is -3.37. The van der Waals surface area contributed by atoms with Gasteiger partial charge in [0, 0.05) is 42.6 Å². The number of amides is 1. The maximum atomic E-state index is 13.1. The van der Waals surface area contributed by atoms with Crippen molar-refractivity contribution in [2.75, 3.05) is 19.4 Å². The van der Waals surface area contributed by atoms with Gasteiger partial charge >= 0.3 is 6.61 Å². The van der Waals surface area contributed by atoms with E-state index in [1.54, 1.807) is 51.6 Å². The van der Waals surface area contributed by atoms with Gasteiger partial charge in [-0.2, -0.15) is 8.78 Å². The standard InChI is InChI=1S/C22H20ClF2N5O2S/c1-4-14(18(26-2)27-3)19(31)30-21-17(29-20(33-21)12-7-9-28-10-8-12)15-11-13(23)5-6-16(15)32-22(24)25/h4-11,22H,1-3H3,(H,26,27)(H,30,31)/b14-4+. The molecule has 0 spiro atoms. The van der Waals surface area contributed by atoms with Crippen molar-refractivity contribution >= 4 is 39.7 Å². The predicted octanol–water partition coefficient (Wildman–Crippen LogP) is 5.26. The summed E-state index contributed by atoms with van der Waals surface area (Å²) in [6.45, 7) is -1.34. The second-order valence-electron chi connectivity index (χ2n) is 6.43. The largest absolute Gasteiger partial charge is 0.434 e. The highest BCUT2D eigenvalue weighted by atomic mass is 35.5. The molecule has 0 radical (unpaired) electrons. The highest BCUT2D eigenvalue weighted by Crippen LogP contribution is 2.42. The molecule has 0 saturated carbocycles. The van der Waals surface area contributed by atoms with Crippen molar-refractivity contribution in [3.05, 3.63) is 59.4 Å². The minimum atomic E-state index is -3.05. The number of amidine groups is 1. The molecule has 7 nitrogen and oxygen atoms in total. The third kappa shape index (κ3) is 5.71. The zero-order chi connectivity index (χ0) is 24.0. The van der Waals surface area contributed by atoms with Crippen LogP contribution < -0.4 is 15.4 Å². The van der Waals surface area contributed by atoms with E-state index in [2.05, 4.69) is 30.3 Å². The number of carbonyl (C=O) groups excluding carboxylic acids is 1. The van der Waals surface area contributed by atoms with Gasteiger partial charge in [-0.15, -0.1) is 0 Å². The number of nitrogens with zero attached hydrogens (tertiary/aromatic N) is 3. The van der Waals surface area contributed by atoms with E-state index in [9.17, 15) is 13.6 Å². The van der Waals surface area contributed by atoms with Gasteiger partial charge in [0.2, 0.25) is 0 Å². The van der Waals surface area contributed by atoms with Crippen molar-refractivity contribution in [2.45, 2.75) is 13.5 Å². The molecule has 2 heterocycles. The molecule has 0 saturated heterocycles. The van der Waals surface area contributed by atoms with Crippen LogP contribution in [0.4, 0.5) is 13.8 Å². The molecule has 2 aromatic heterocycles. The number of hydrogen-bond acceptors (Lipinski definition) is 6. The molecule has 11 heteroatoms. The first-order valence-corrected chi connectivity index (χ1v) is 10.9. The monoisotopic (exact) mass is 491 g/mol.